The maximum absolute atomic E-state index is 12.7. The number of aromatic carboxylic acids is 1. The molecule has 0 aliphatic heterocycles. The summed E-state index contributed by atoms with van der Waals surface area (Å²) in [5, 5.41) is 53.6. The molecule has 0 saturated heterocycles. The second-order valence-corrected chi connectivity index (χ2v) is 26.7. The summed E-state index contributed by atoms with van der Waals surface area (Å²) in [6.07, 6.45) is 21.1. The number of carboxylic acids is 1. The minimum Gasteiger partial charge on any atom is -0.870 e. The van der Waals surface area contributed by atoms with Crippen molar-refractivity contribution in [1.82, 2.24) is 119 Å². The Labute approximate surface area is 786 Å². The molecule has 0 saturated carbocycles. The van der Waals surface area contributed by atoms with Crippen molar-refractivity contribution in [2.24, 2.45) is 11.6 Å². The van der Waals surface area contributed by atoms with Gasteiger partial charge in [-0.05, 0) is 165 Å². The number of amides is 2. The van der Waals surface area contributed by atoms with Crippen molar-refractivity contribution in [3.05, 3.63) is 306 Å². The third-order valence-electron chi connectivity index (χ3n) is 16.4. The molecule has 46 heteroatoms. The van der Waals surface area contributed by atoms with Crippen LogP contribution in [0, 0.1) is 34.6 Å². The summed E-state index contributed by atoms with van der Waals surface area (Å²) < 4.78 is 27.2. The number of aldehydes is 1. The number of rotatable bonds is 28. The number of ether oxygens (including phenoxy) is 3. The van der Waals surface area contributed by atoms with E-state index in [4.69, 9.17) is 32.6 Å². The SMILES string of the molecule is CCOC(=O)C(=O)CC(C)=O.CCOC(=O)c1cc(C)n(-c2ncccn2)n1.CCOC(=O)c1cc(C)nn1-c1ncccn1.Cc1cc(C(=O)N[C@H](C=O)Cc2ccccc2)n(-c2ncccn2)n1.Cc1cc(C(=O)N[C@H](CO)Cc2ccccc2)n(-c2ncccn2)n1.Cc1cc(C(=O)O)n(-c2ncccn2)n1.NNc1ncccn1.N[C@H](CO)Cc1ccccc1.O.[2H]CP.[Li+].[OH-]. The smallest absolute Gasteiger partial charge is 0.870 e. The molecule has 2 amide bonds. The Kier molecular flexibility index (Phi) is 51.3. The number of carbonyl (C=O) groups is 9. The van der Waals surface area contributed by atoms with E-state index in [-0.39, 0.29) is 96.8 Å². The van der Waals surface area contributed by atoms with Gasteiger partial charge in [-0.2, -0.15) is 44.2 Å². The number of anilines is 1. The van der Waals surface area contributed by atoms with Gasteiger partial charge in [0.15, 0.2) is 17.1 Å². The number of hydrogen-bond acceptors (Lipinski definition) is 35. The molecule has 134 heavy (non-hydrogen) atoms. The number of nitrogen functional groups attached to an aromatic ring is 1. The predicted octanol–water partition coefficient (Wildman–Crippen LogP) is 2.68. The van der Waals surface area contributed by atoms with Crippen LogP contribution in [0.1, 0.15) is 133 Å². The van der Waals surface area contributed by atoms with Gasteiger partial charge in [0.05, 0.1) is 74.3 Å². The third kappa shape index (κ3) is 38.3. The van der Waals surface area contributed by atoms with Gasteiger partial charge < -0.3 is 61.6 Å². The zero-order chi connectivity index (χ0) is 96.1. The van der Waals surface area contributed by atoms with Crippen molar-refractivity contribution in [1.29, 1.82) is 0 Å². The number of nitrogens with zero attached hydrogens (tertiary/aromatic N) is 22. The summed E-state index contributed by atoms with van der Waals surface area (Å²) in [6.45, 7) is 16.4. The molecule has 0 radical (unpaired) electrons. The van der Waals surface area contributed by atoms with Crippen molar-refractivity contribution >= 4 is 68.7 Å². The number of nitrogens with two attached hydrogens (primary N) is 2. The summed E-state index contributed by atoms with van der Waals surface area (Å²) >= 11 is 0. The van der Waals surface area contributed by atoms with E-state index in [1.165, 1.54) is 54.4 Å². The number of nitrogens with one attached hydrogen (secondary N) is 3. The summed E-state index contributed by atoms with van der Waals surface area (Å²) in [5.41, 5.74) is 15.7. The molecule has 11 heterocycles. The fourth-order valence-corrected chi connectivity index (χ4v) is 10.8. The molecule has 4 atom stereocenters. The number of aromatic nitrogens is 22. The number of aliphatic hydroxyl groups excluding tert-OH is 2. The summed E-state index contributed by atoms with van der Waals surface area (Å²) in [4.78, 5) is 150. The van der Waals surface area contributed by atoms with Crippen LogP contribution in [0.5, 0.6) is 0 Å². The number of hydrogen-bond donors (Lipinski definition) is 8. The van der Waals surface area contributed by atoms with E-state index in [9.17, 15) is 48.3 Å². The van der Waals surface area contributed by atoms with Gasteiger partial charge in [0.25, 0.3) is 41.6 Å². The van der Waals surface area contributed by atoms with E-state index in [1.807, 2.05) is 97.9 Å². The van der Waals surface area contributed by atoms with Crippen molar-refractivity contribution in [2.75, 3.05) is 45.1 Å². The second-order valence-electron chi connectivity index (χ2n) is 26.7. The maximum Gasteiger partial charge on any atom is 1.00 e. The van der Waals surface area contributed by atoms with Crippen molar-refractivity contribution in [3.8, 4) is 29.7 Å². The van der Waals surface area contributed by atoms with Gasteiger partial charge >= 0.3 is 42.7 Å². The molecule has 0 bridgehead atoms. The molecule has 0 spiro atoms. The fraction of sp³-hybridized carbons (Fsp3) is 0.250. The molecule has 13 N–H and O–H groups in total. The largest absolute Gasteiger partial charge is 1.00 e. The Balaban J connectivity index is 0.000000403. The van der Waals surface area contributed by atoms with Gasteiger partial charge in [0.1, 0.15) is 23.5 Å². The Morgan fingerprint density at radius 3 is 1.15 bits per heavy atom. The van der Waals surface area contributed by atoms with Crippen LogP contribution in [0.2, 0.25) is 0 Å². The molecular formula is C88H105LiN27O17P. The molecule has 0 aliphatic carbocycles. The van der Waals surface area contributed by atoms with Gasteiger partial charge in [-0.1, -0.05) is 97.6 Å². The topological polar surface area (TPSA) is 635 Å². The monoisotopic (exact) mass is 1850 g/mol. The van der Waals surface area contributed by atoms with Gasteiger partial charge in [0, 0.05) is 87.5 Å². The minimum absolute atomic E-state index is 0. The van der Waals surface area contributed by atoms with E-state index < -0.39 is 47.7 Å². The van der Waals surface area contributed by atoms with Gasteiger partial charge in [-0.3, -0.25) is 24.6 Å². The average Bonchev–Trinajstić information content (AvgIpc) is 1.68. The molecule has 14 aromatic rings. The number of carbonyl (C=O) groups excluding carboxylic acids is 8. The minimum atomic E-state index is -1.05. The zero-order valence-electron chi connectivity index (χ0n) is 76.1. The first-order chi connectivity index (χ1) is 63.7. The maximum atomic E-state index is 12.7. The van der Waals surface area contributed by atoms with Crippen LogP contribution in [0.15, 0.2) is 232 Å². The number of hydrazine groups is 1. The number of aryl methyl sites for hydroxylation is 5. The first kappa shape index (κ1) is 111. The molecule has 11 aromatic heterocycles. The van der Waals surface area contributed by atoms with Crippen molar-refractivity contribution in [2.45, 2.75) is 106 Å². The van der Waals surface area contributed by atoms with Crippen molar-refractivity contribution in [3.63, 3.8) is 0 Å². The number of benzene rings is 3. The standard InChI is InChI=1S/C18H19N5O2.C18H17N5O2.2C11H12N4O2.C9H8N4O2.C9H13NO.C7H10O4.C4H6N4.CH5P.Li.2H2O/c2*1-13-10-16(23(22-13)18-19-8-5-9-20-18)17(25)21-15(12-24)11-14-6-3-2-4-7-14;1-3-17-10(16)9-7-8(2)15(14-9)11-12-5-4-6-13-11;1-3-17-10(16)9-7-8(2)14-15(9)11-12-5-4-6-13-11;1-6-5-7(8(14)15)13(12-6)9-10-3-2-4-11-9;10-9(7-11)6-8-4-2-1-3-5-8;1-3-11-7(10)6(9)4-5(2)8;5-8-4-6-2-1-3-7-4;1-2;;;/h2-10,15,24H,11-12H2,1H3,(H,21,25);2-10,12,15H,11H2,1H3,(H,21,25);2*4-7H,3H2,1-2H3;2-5H,1H3,(H,14,15);1-5,9,11H,6-7,10H2;3-4H2,1-2H3;1-3H,5H2,(H,6,7,8);2H2,1H3;;2*1H2/q;;;;;;;;;+1;;/p-1/t2*15-;;;;9-;;;;;;/m00...0....../s1/i;;;;;;;;1D;;;. The molecule has 3 aromatic carbocycles. The Morgan fingerprint density at radius 2 is 0.799 bits per heavy atom. The van der Waals surface area contributed by atoms with E-state index in [1.54, 1.807) is 171 Å². The van der Waals surface area contributed by atoms with Crippen LogP contribution < -0.4 is 46.5 Å². The average molecular weight is 1850 g/mol. The van der Waals surface area contributed by atoms with Crippen LogP contribution in [0.25, 0.3) is 29.7 Å². The van der Waals surface area contributed by atoms with Crippen LogP contribution in [0.4, 0.5) is 5.95 Å². The van der Waals surface area contributed by atoms with Crippen molar-refractivity contribution < 1.29 is 104 Å². The number of esters is 3. The van der Waals surface area contributed by atoms with Gasteiger partial charge in [0.2, 0.25) is 11.7 Å². The number of ketones is 2. The van der Waals surface area contributed by atoms with E-state index in [0.29, 0.717) is 96.6 Å². The molecule has 0 fully saturated rings. The van der Waals surface area contributed by atoms with E-state index in [0.717, 1.165) is 29.5 Å². The quantitative estimate of drug-likeness (QED) is 0.00402. The number of aliphatic hydroxyl groups is 2. The Hall–Kier alpha value is -15.4. The Bertz CT molecular complexity index is 5840. The van der Waals surface area contributed by atoms with E-state index >= 15 is 0 Å². The van der Waals surface area contributed by atoms with Crippen LogP contribution in [-0.4, -0.2) is 246 Å². The summed E-state index contributed by atoms with van der Waals surface area (Å²) in [5.74, 6) is 2.38. The van der Waals surface area contributed by atoms with Crippen LogP contribution in [-0.2, 0) is 52.7 Å². The third-order valence-corrected chi connectivity index (χ3v) is 16.4. The number of Topliss-reactive ketones (excluding diaryl/α,β-unsaturated/α-hetero) is 2. The van der Waals surface area contributed by atoms with E-state index in [2.05, 4.69) is 115 Å². The van der Waals surface area contributed by atoms with Crippen LogP contribution in [0.3, 0.4) is 0 Å². The Morgan fingerprint density at radius 1 is 0.463 bits per heavy atom. The molecule has 1 unspecified atom stereocenters. The fourth-order valence-electron chi connectivity index (χ4n) is 10.8. The second kappa shape index (κ2) is 62.0. The summed E-state index contributed by atoms with van der Waals surface area (Å²) in [6, 6.07) is 46.2. The molecule has 44 nitrogen and oxygen atoms in total. The molecule has 700 valence electrons. The first-order valence-electron chi connectivity index (χ1n) is 40.8. The summed E-state index contributed by atoms with van der Waals surface area (Å²) in [7, 11) is 2.25. The molecule has 0 aliphatic rings. The first-order valence-corrected chi connectivity index (χ1v) is 40.9. The van der Waals surface area contributed by atoms with Gasteiger partial charge in [-0.25, -0.2) is 89.5 Å². The molecular weight excluding hydrogens is 1750 g/mol. The zero-order valence-corrected chi connectivity index (χ0v) is 76.2. The normalized spacial score (nSPS) is 10.6. The van der Waals surface area contributed by atoms with Gasteiger partial charge in [-0.15, -0.1) is 9.24 Å². The molecule has 14 rings (SSSR count). The predicted molar refractivity (Wildman–Crippen MR) is 487 cm³/mol. The number of carboxylic acid groups (broad SMARTS) is 1. The van der Waals surface area contributed by atoms with Crippen LogP contribution >= 0.6 is 9.24 Å².